The van der Waals surface area contributed by atoms with E-state index in [-0.39, 0.29) is 43.6 Å². The van der Waals surface area contributed by atoms with Crippen LogP contribution in [0.2, 0.25) is 0 Å². The van der Waals surface area contributed by atoms with Crippen LogP contribution in [0, 0.1) is 5.92 Å². The number of hydrogen-bond acceptors (Lipinski definition) is 4. The summed E-state index contributed by atoms with van der Waals surface area (Å²) in [4.78, 5) is 22.5. The highest BCUT2D eigenvalue weighted by Crippen LogP contribution is 2.37. The van der Waals surface area contributed by atoms with Gasteiger partial charge >= 0.3 is 0 Å². The van der Waals surface area contributed by atoms with E-state index in [1.165, 1.54) is 0 Å². The Bertz CT molecular complexity index is 517. The maximum absolute atomic E-state index is 13.2. The fourth-order valence-electron chi connectivity index (χ4n) is 3.05. The molecule has 1 aromatic rings. The summed E-state index contributed by atoms with van der Waals surface area (Å²) in [7, 11) is 0. The Morgan fingerprint density at radius 2 is 2.09 bits per heavy atom. The molecular formula is C15H19F2N3O2. The molecule has 2 heterocycles. The van der Waals surface area contributed by atoms with E-state index in [4.69, 9.17) is 4.74 Å². The van der Waals surface area contributed by atoms with Gasteiger partial charge in [-0.05, 0) is 12.8 Å². The number of aromatic nitrogens is 2. The van der Waals surface area contributed by atoms with Crippen LogP contribution in [0.4, 0.5) is 8.78 Å². The Balaban J connectivity index is 1.61. The van der Waals surface area contributed by atoms with Crippen molar-refractivity contribution >= 4 is 5.91 Å². The van der Waals surface area contributed by atoms with Crippen molar-refractivity contribution < 1.29 is 18.3 Å². The van der Waals surface area contributed by atoms with Crippen molar-refractivity contribution in [2.24, 2.45) is 5.92 Å². The lowest BCUT2D eigenvalue weighted by Crippen LogP contribution is -2.46. The Kier molecular flexibility index (Phi) is 4.33. The lowest BCUT2D eigenvalue weighted by Gasteiger charge is -2.36. The van der Waals surface area contributed by atoms with Crippen LogP contribution in [-0.2, 0) is 9.53 Å². The SMILES string of the molecule is O=C(C1CCC(F)(F)CC1)N1CCOC(c2cnccn2)C1. The normalized spacial score (nSPS) is 25.9. The van der Waals surface area contributed by atoms with Crippen LogP contribution in [0.15, 0.2) is 18.6 Å². The maximum Gasteiger partial charge on any atom is 0.248 e. The number of alkyl halides is 2. The fraction of sp³-hybridized carbons (Fsp3) is 0.667. The van der Waals surface area contributed by atoms with E-state index in [1.807, 2.05) is 0 Å². The first-order valence-electron chi connectivity index (χ1n) is 7.59. The Morgan fingerprint density at radius 1 is 1.32 bits per heavy atom. The molecule has 0 spiro atoms. The van der Waals surface area contributed by atoms with Gasteiger partial charge in [-0.15, -0.1) is 0 Å². The minimum Gasteiger partial charge on any atom is -0.368 e. The van der Waals surface area contributed by atoms with Crippen LogP contribution >= 0.6 is 0 Å². The fourth-order valence-corrected chi connectivity index (χ4v) is 3.05. The summed E-state index contributed by atoms with van der Waals surface area (Å²) < 4.78 is 32.1. The largest absolute Gasteiger partial charge is 0.368 e. The molecule has 1 saturated heterocycles. The van der Waals surface area contributed by atoms with E-state index in [9.17, 15) is 13.6 Å². The van der Waals surface area contributed by atoms with Crippen LogP contribution in [0.1, 0.15) is 37.5 Å². The predicted molar refractivity (Wildman–Crippen MR) is 74.2 cm³/mol. The molecule has 2 fully saturated rings. The number of amides is 1. The molecule has 1 aliphatic carbocycles. The third kappa shape index (κ3) is 3.40. The van der Waals surface area contributed by atoms with Gasteiger partial charge in [0.1, 0.15) is 6.10 Å². The highest BCUT2D eigenvalue weighted by atomic mass is 19.3. The van der Waals surface area contributed by atoms with Crippen molar-refractivity contribution in [2.45, 2.75) is 37.7 Å². The molecule has 5 nitrogen and oxygen atoms in total. The highest BCUT2D eigenvalue weighted by Gasteiger charge is 2.39. The van der Waals surface area contributed by atoms with E-state index in [2.05, 4.69) is 9.97 Å². The zero-order valence-electron chi connectivity index (χ0n) is 12.3. The molecule has 1 atom stereocenters. The molecule has 1 amide bonds. The summed E-state index contributed by atoms with van der Waals surface area (Å²) in [5.41, 5.74) is 0.690. The molecule has 22 heavy (non-hydrogen) atoms. The van der Waals surface area contributed by atoms with Crippen molar-refractivity contribution in [1.29, 1.82) is 0 Å². The second-order valence-corrected chi connectivity index (χ2v) is 5.90. The van der Waals surface area contributed by atoms with Crippen LogP contribution in [0.3, 0.4) is 0 Å². The van der Waals surface area contributed by atoms with Gasteiger partial charge in [0.25, 0.3) is 0 Å². The topological polar surface area (TPSA) is 55.3 Å². The number of ether oxygens (including phenoxy) is 1. The second-order valence-electron chi connectivity index (χ2n) is 5.90. The summed E-state index contributed by atoms with van der Waals surface area (Å²) >= 11 is 0. The Morgan fingerprint density at radius 3 is 2.77 bits per heavy atom. The molecule has 2 aliphatic rings. The molecule has 120 valence electrons. The zero-order chi connectivity index (χ0) is 15.6. The van der Waals surface area contributed by atoms with Crippen LogP contribution in [0.5, 0.6) is 0 Å². The number of morpholine rings is 1. The number of nitrogens with zero attached hydrogens (tertiary/aromatic N) is 3. The third-order valence-electron chi connectivity index (χ3n) is 4.36. The number of hydrogen-bond donors (Lipinski definition) is 0. The van der Waals surface area contributed by atoms with Gasteiger partial charge in [0.05, 0.1) is 25.0 Å². The maximum atomic E-state index is 13.2. The minimum atomic E-state index is -2.61. The van der Waals surface area contributed by atoms with Crippen molar-refractivity contribution in [3.63, 3.8) is 0 Å². The van der Waals surface area contributed by atoms with Crippen LogP contribution in [-0.4, -0.2) is 46.4 Å². The van der Waals surface area contributed by atoms with Gasteiger partial charge in [0, 0.05) is 37.7 Å². The molecule has 1 aromatic heterocycles. The summed E-state index contributed by atoms with van der Waals surface area (Å²) in [6, 6.07) is 0. The predicted octanol–water partition coefficient (Wildman–Crippen LogP) is 2.20. The van der Waals surface area contributed by atoms with Crippen molar-refractivity contribution in [3.05, 3.63) is 24.3 Å². The molecule has 7 heteroatoms. The molecule has 0 N–H and O–H groups in total. The summed E-state index contributed by atoms with van der Waals surface area (Å²) in [6.07, 6.45) is 4.64. The van der Waals surface area contributed by atoms with Gasteiger partial charge in [-0.1, -0.05) is 0 Å². The standard InChI is InChI=1S/C15H19F2N3O2/c16-15(17)3-1-11(2-4-15)14(21)20-7-8-22-13(10-20)12-9-18-5-6-19-12/h5-6,9,11,13H,1-4,7-8,10H2. The molecule has 0 radical (unpaired) electrons. The first-order valence-corrected chi connectivity index (χ1v) is 7.59. The van der Waals surface area contributed by atoms with Gasteiger partial charge in [0.15, 0.2) is 0 Å². The van der Waals surface area contributed by atoms with Gasteiger partial charge in [-0.25, -0.2) is 8.78 Å². The zero-order valence-corrected chi connectivity index (χ0v) is 12.3. The summed E-state index contributed by atoms with van der Waals surface area (Å²) in [5.74, 6) is -2.93. The minimum absolute atomic E-state index is 0.0345. The molecule has 1 aliphatic heterocycles. The number of rotatable bonds is 2. The summed E-state index contributed by atoms with van der Waals surface area (Å²) in [6.45, 7) is 1.34. The van der Waals surface area contributed by atoms with Crippen molar-refractivity contribution in [1.82, 2.24) is 14.9 Å². The van der Waals surface area contributed by atoms with E-state index < -0.39 is 5.92 Å². The molecular weight excluding hydrogens is 292 g/mol. The smallest absolute Gasteiger partial charge is 0.248 e. The number of carbonyl (C=O) groups is 1. The summed E-state index contributed by atoms with van der Waals surface area (Å²) in [5, 5.41) is 0. The quantitative estimate of drug-likeness (QED) is 0.840. The third-order valence-corrected chi connectivity index (χ3v) is 4.36. The lowest BCUT2D eigenvalue weighted by molar-refractivity contribution is -0.147. The molecule has 1 unspecified atom stereocenters. The molecule has 0 aromatic carbocycles. The molecule has 3 rings (SSSR count). The van der Waals surface area contributed by atoms with Gasteiger partial charge in [-0.3, -0.25) is 14.8 Å². The van der Waals surface area contributed by atoms with E-state index in [0.29, 0.717) is 25.4 Å². The number of halogens is 2. The highest BCUT2D eigenvalue weighted by molar-refractivity contribution is 5.79. The van der Waals surface area contributed by atoms with E-state index >= 15 is 0 Å². The monoisotopic (exact) mass is 311 g/mol. The molecule has 1 saturated carbocycles. The van der Waals surface area contributed by atoms with Crippen LogP contribution in [0.25, 0.3) is 0 Å². The first kappa shape index (κ1) is 15.3. The van der Waals surface area contributed by atoms with E-state index in [1.54, 1.807) is 23.5 Å². The van der Waals surface area contributed by atoms with Crippen molar-refractivity contribution in [3.8, 4) is 0 Å². The van der Waals surface area contributed by atoms with Gasteiger partial charge < -0.3 is 9.64 Å². The Labute approximate surface area is 127 Å². The van der Waals surface area contributed by atoms with Crippen LogP contribution < -0.4 is 0 Å². The van der Waals surface area contributed by atoms with E-state index in [0.717, 1.165) is 0 Å². The van der Waals surface area contributed by atoms with Crippen molar-refractivity contribution in [2.75, 3.05) is 19.7 Å². The first-order chi connectivity index (χ1) is 10.6. The average molecular weight is 311 g/mol. The number of carbonyl (C=O) groups excluding carboxylic acids is 1. The van der Waals surface area contributed by atoms with Gasteiger partial charge in [-0.2, -0.15) is 0 Å². The van der Waals surface area contributed by atoms with Gasteiger partial charge in [0.2, 0.25) is 11.8 Å². The Hall–Kier alpha value is -1.63. The lowest BCUT2D eigenvalue weighted by atomic mass is 9.85. The second kappa shape index (κ2) is 6.24. The average Bonchev–Trinajstić information content (AvgIpc) is 2.55. The molecule has 0 bridgehead atoms.